The Hall–Kier alpha value is -3.13. The molecule has 4 rings (SSSR count). The number of likely N-dealkylation sites (N-methyl/N-ethyl adjacent to an activating group) is 1. The van der Waals surface area contributed by atoms with Gasteiger partial charge in [0, 0.05) is 28.4 Å². The fourth-order valence-corrected chi connectivity index (χ4v) is 4.15. The van der Waals surface area contributed by atoms with Gasteiger partial charge in [-0.1, -0.05) is 6.07 Å². The zero-order valence-electron chi connectivity index (χ0n) is 15.7. The van der Waals surface area contributed by atoms with Crippen LogP contribution in [0.2, 0.25) is 0 Å². The molecule has 1 aliphatic rings. The number of hydrogen-bond acceptors (Lipinski definition) is 5. The molecule has 2 heterocycles. The molecule has 8 heteroatoms. The normalized spacial score (nSPS) is 12.6. The second-order valence-corrected chi connectivity index (χ2v) is 7.57. The van der Waals surface area contributed by atoms with Crippen molar-refractivity contribution in [1.82, 2.24) is 4.90 Å². The van der Waals surface area contributed by atoms with Crippen molar-refractivity contribution in [3.05, 3.63) is 53.2 Å². The van der Waals surface area contributed by atoms with E-state index in [1.807, 2.05) is 0 Å². The highest BCUT2D eigenvalue weighted by Gasteiger charge is 2.21. The number of hydrogen-bond donors (Lipinski definition) is 1. The van der Waals surface area contributed by atoms with Crippen molar-refractivity contribution >= 4 is 38.9 Å². The molecule has 1 N–H and O–H groups in total. The molecule has 150 valence electrons. The molecule has 1 aromatic heterocycles. The molecule has 6 nitrogen and oxygen atoms in total. The highest BCUT2D eigenvalue weighted by molar-refractivity contribution is 7.20. The van der Waals surface area contributed by atoms with Gasteiger partial charge in [0.05, 0.1) is 4.88 Å². The van der Waals surface area contributed by atoms with Crippen LogP contribution in [0.4, 0.5) is 10.1 Å². The number of ether oxygens (including phenoxy) is 2. The lowest BCUT2D eigenvalue weighted by Gasteiger charge is -2.21. The first kappa shape index (κ1) is 19.2. The molecule has 0 aliphatic carbocycles. The van der Waals surface area contributed by atoms with E-state index in [-0.39, 0.29) is 24.2 Å². The van der Waals surface area contributed by atoms with Gasteiger partial charge in [-0.05, 0) is 37.3 Å². The third kappa shape index (κ3) is 4.02. The largest absolute Gasteiger partial charge is 0.486 e. The zero-order valence-corrected chi connectivity index (χ0v) is 16.6. The van der Waals surface area contributed by atoms with Crippen LogP contribution in [0, 0.1) is 5.82 Å². The Morgan fingerprint density at radius 3 is 2.69 bits per heavy atom. The fourth-order valence-electron chi connectivity index (χ4n) is 3.11. The maximum absolute atomic E-state index is 13.9. The summed E-state index contributed by atoms with van der Waals surface area (Å²) in [4.78, 5) is 27.1. The first-order chi connectivity index (χ1) is 14.0. The van der Waals surface area contributed by atoms with Crippen LogP contribution in [-0.4, -0.2) is 43.0 Å². The van der Waals surface area contributed by atoms with Crippen molar-refractivity contribution in [2.45, 2.75) is 6.92 Å². The van der Waals surface area contributed by atoms with Crippen LogP contribution in [0.1, 0.15) is 16.6 Å². The third-order valence-corrected chi connectivity index (χ3v) is 5.64. The van der Waals surface area contributed by atoms with E-state index in [0.717, 1.165) is 0 Å². The van der Waals surface area contributed by atoms with Crippen molar-refractivity contribution in [2.24, 2.45) is 0 Å². The molecule has 3 aromatic rings. The van der Waals surface area contributed by atoms with E-state index in [1.165, 1.54) is 22.3 Å². The average molecular weight is 414 g/mol. The molecule has 0 atom stereocenters. The van der Waals surface area contributed by atoms with Crippen molar-refractivity contribution in [3.8, 4) is 11.5 Å². The van der Waals surface area contributed by atoms with Crippen LogP contribution in [0.25, 0.3) is 10.1 Å². The minimum absolute atomic E-state index is 0.111. The van der Waals surface area contributed by atoms with E-state index in [1.54, 1.807) is 43.3 Å². The van der Waals surface area contributed by atoms with E-state index in [0.29, 0.717) is 51.9 Å². The molecule has 0 unspecified atom stereocenters. The summed E-state index contributed by atoms with van der Waals surface area (Å²) in [6.07, 6.45) is 0. The summed E-state index contributed by atoms with van der Waals surface area (Å²) in [6, 6.07) is 11.4. The van der Waals surface area contributed by atoms with Gasteiger partial charge in [-0.2, -0.15) is 0 Å². The van der Waals surface area contributed by atoms with E-state index >= 15 is 0 Å². The molecule has 29 heavy (non-hydrogen) atoms. The lowest BCUT2D eigenvalue weighted by Crippen LogP contribution is -2.37. The number of halogens is 1. The quantitative estimate of drug-likeness (QED) is 0.687. The Morgan fingerprint density at radius 1 is 1.14 bits per heavy atom. The second-order valence-electron chi connectivity index (χ2n) is 6.49. The Kier molecular flexibility index (Phi) is 5.35. The van der Waals surface area contributed by atoms with Gasteiger partial charge in [-0.15, -0.1) is 11.3 Å². The van der Waals surface area contributed by atoms with Gasteiger partial charge >= 0.3 is 0 Å². The number of thiophene rings is 1. The summed E-state index contributed by atoms with van der Waals surface area (Å²) in [7, 11) is 0. The molecule has 0 radical (unpaired) electrons. The van der Waals surface area contributed by atoms with Crippen LogP contribution in [0.5, 0.6) is 11.5 Å². The number of nitrogens with zero attached hydrogens (tertiary/aromatic N) is 1. The maximum atomic E-state index is 13.9. The lowest BCUT2D eigenvalue weighted by molar-refractivity contribution is -0.116. The molecule has 0 fully saturated rings. The average Bonchev–Trinajstić information content (AvgIpc) is 3.17. The first-order valence-corrected chi connectivity index (χ1v) is 10.0. The topological polar surface area (TPSA) is 67.9 Å². The summed E-state index contributed by atoms with van der Waals surface area (Å²) < 4.78 is 25.6. The van der Waals surface area contributed by atoms with Gasteiger partial charge in [-0.3, -0.25) is 9.59 Å². The van der Waals surface area contributed by atoms with Gasteiger partial charge < -0.3 is 19.7 Å². The molecule has 1 aliphatic heterocycles. The van der Waals surface area contributed by atoms with Crippen LogP contribution in [0.3, 0.4) is 0 Å². The van der Waals surface area contributed by atoms with Gasteiger partial charge in [0.2, 0.25) is 5.91 Å². The van der Waals surface area contributed by atoms with E-state index in [2.05, 4.69) is 5.32 Å². The van der Waals surface area contributed by atoms with Crippen molar-refractivity contribution < 1.29 is 23.5 Å². The van der Waals surface area contributed by atoms with Gasteiger partial charge in [-0.25, -0.2) is 4.39 Å². The van der Waals surface area contributed by atoms with Crippen LogP contribution >= 0.6 is 11.3 Å². The van der Waals surface area contributed by atoms with Gasteiger partial charge in [0.1, 0.15) is 25.6 Å². The standard InChI is InChI=1S/C21H19FN2O4S/c1-2-24(21(26)19-11-14-15(22)4-3-5-18(14)29-19)12-20(25)23-13-6-7-16-17(10-13)28-9-8-27-16/h3-7,10-11H,2,8-9,12H2,1H3,(H,23,25). The van der Waals surface area contributed by atoms with E-state index < -0.39 is 0 Å². The van der Waals surface area contributed by atoms with Crippen molar-refractivity contribution in [2.75, 3.05) is 31.6 Å². The molecule has 0 saturated carbocycles. The molecule has 2 aromatic carbocycles. The van der Waals surface area contributed by atoms with Crippen LogP contribution in [-0.2, 0) is 4.79 Å². The predicted octanol–water partition coefficient (Wildman–Crippen LogP) is 3.91. The van der Waals surface area contributed by atoms with Crippen LogP contribution < -0.4 is 14.8 Å². The number of nitrogens with one attached hydrogen (secondary N) is 1. The molecule has 0 spiro atoms. The molecule has 0 saturated heterocycles. The fraction of sp³-hybridized carbons (Fsp3) is 0.238. The number of amides is 2. The Labute approximate surface area is 170 Å². The van der Waals surface area contributed by atoms with Crippen molar-refractivity contribution in [3.63, 3.8) is 0 Å². The number of carbonyl (C=O) groups excluding carboxylic acids is 2. The Morgan fingerprint density at radius 2 is 1.93 bits per heavy atom. The Balaban J connectivity index is 1.45. The Bertz CT molecular complexity index is 1080. The third-order valence-electron chi connectivity index (χ3n) is 4.55. The van der Waals surface area contributed by atoms with Gasteiger partial charge in [0.15, 0.2) is 11.5 Å². The summed E-state index contributed by atoms with van der Waals surface area (Å²) in [6.45, 7) is 2.99. The number of benzene rings is 2. The maximum Gasteiger partial charge on any atom is 0.264 e. The minimum Gasteiger partial charge on any atom is -0.486 e. The number of anilines is 1. The highest BCUT2D eigenvalue weighted by Crippen LogP contribution is 2.32. The molecular weight excluding hydrogens is 395 g/mol. The monoisotopic (exact) mass is 414 g/mol. The van der Waals surface area contributed by atoms with Gasteiger partial charge in [0.25, 0.3) is 5.91 Å². The number of carbonyl (C=O) groups is 2. The van der Waals surface area contributed by atoms with Crippen molar-refractivity contribution in [1.29, 1.82) is 0 Å². The lowest BCUT2D eigenvalue weighted by atomic mass is 10.2. The number of rotatable bonds is 5. The number of fused-ring (bicyclic) bond motifs is 2. The first-order valence-electron chi connectivity index (χ1n) is 9.22. The van der Waals surface area contributed by atoms with Crippen LogP contribution in [0.15, 0.2) is 42.5 Å². The van der Waals surface area contributed by atoms with E-state index in [4.69, 9.17) is 9.47 Å². The second kappa shape index (κ2) is 8.08. The van der Waals surface area contributed by atoms with E-state index in [9.17, 15) is 14.0 Å². The predicted molar refractivity (Wildman–Crippen MR) is 109 cm³/mol. The minimum atomic E-state index is -0.364. The molecular formula is C21H19FN2O4S. The summed E-state index contributed by atoms with van der Waals surface area (Å²) in [5, 5.41) is 3.19. The zero-order chi connectivity index (χ0) is 20.4. The molecule has 2 amide bonds. The highest BCUT2D eigenvalue weighted by atomic mass is 32.1. The molecule has 0 bridgehead atoms. The SMILES string of the molecule is CCN(CC(=O)Nc1ccc2c(c1)OCCO2)C(=O)c1cc2c(F)cccc2s1. The summed E-state index contributed by atoms with van der Waals surface area (Å²) in [5.74, 6) is 0.216. The summed E-state index contributed by atoms with van der Waals surface area (Å²) >= 11 is 1.22. The summed E-state index contributed by atoms with van der Waals surface area (Å²) in [5.41, 5.74) is 0.562. The smallest absolute Gasteiger partial charge is 0.264 e.